The average Bonchev–Trinajstić information content (AvgIpc) is 2.39. The second-order valence-electron chi connectivity index (χ2n) is 3.80. The second kappa shape index (κ2) is 5.70. The van der Waals surface area contributed by atoms with Crippen LogP contribution in [0.4, 0.5) is 5.82 Å². The molecule has 0 fully saturated rings. The van der Waals surface area contributed by atoms with Gasteiger partial charge in [0.25, 0.3) is 0 Å². The molecule has 0 aliphatic carbocycles. The molecule has 3 nitrogen and oxygen atoms in total. The van der Waals surface area contributed by atoms with Gasteiger partial charge in [-0.05, 0) is 30.7 Å². The van der Waals surface area contributed by atoms with Crippen LogP contribution in [0.1, 0.15) is 11.1 Å². The lowest BCUT2D eigenvalue weighted by Gasteiger charge is -2.03. The molecule has 0 unspecified atom stereocenters. The summed E-state index contributed by atoms with van der Waals surface area (Å²) in [4.78, 5) is 5.45. The molecule has 1 aromatic carbocycles. The van der Waals surface area contributed by atoms with Gasteiger partial charge in [-0.1, -0.05) is 23.8 Å². The minimum Gasteiger partial charge on any atom is -0.308 e. The van der Waals surface area contributed by atoms with Crippen molar-refractivity contribution in [2.24, 2.45) is 5.84 Å². The normalized spacial score (nSPS) is 10.2. The highest BCUT2D eigenvalue weighted by Crippen LogP contribution is 2.22. The number of nitrogens with two attached hydrogens (primary N) is 1. The molecule has 0 saturated heterocycles. The first-order chi connectivity index (χ1) is 8.28. The van der Waals surface area contributed by atoms with Crippen molar-refractivity contribution in [1.29, 1.82) is 0 Å². The van der Waals surface area contributed by atoms with Crippen molar-refractivity contribution in [3.05, 3.63) is 53.7 Å². The standard InChI is InChI=1S/C13H15N3S/c1-10-2-5-12(6-3-10)17-9-11-4-7-13(16-14)15-8-11/h2-8H,9,14H2,1H3,(H,15,16). The first kappa shape index (κ1) is 12.0. The van der Waals surface area contributed by atoms with Gasteiger partial charge in [0, 0.05) is 16.8 Å². The highest BCUT2D eigenvalue weighted by Gasteiger charge is 1.97. The molecule has 0 amide bonds. The molecule has 0 saturated carbocycles. The number of rotatable bonds is 4. The van der Waals surface area contributed by atoms with E-state index in [9.17, 15) is 0 Å². The molecule has 4 heteroatoms. The zero-order valence-corrected chi connectivity index (χ0v) is 10.5. The third kappa shape index (κ3) is 3.47. The molecule has 0 atom stereocenters. The number of aryl methyl sites for hydroxylation is 1. The van der Waals surface area contributed by atoms with E-state index in [2.05, 4.69) is 41.6 Å². The summed E-state index contributed by atoms with van der Waals surface area (Å²) in [6.45, 7) is 2.09. The molecule has 3 N–H and O–H groups in total. The number of hydrogen-bond donors (Lipinski definition) is 2. The number of pyridine rings is 1. The monoisotopic (exact) mass is 245 g/mol. The Balaban J connectivity index is 1.95. The van der Waals surface area contributed by atoms with Gasteiger partial charge >= 0.3 is 0 Å². The van der Waals surface area contributed by atoms with Gasteiger partial charge in [-0.25, -0.2) is 10.8 Å². The van der Waals surface area contributed by atoms with E-state index >= 15 is 0 Å². The summed E-state index contributed by atoms with van der Waals surface area (Å²) in [5.41, 5.74) is 4.99. The maximum atomic E-state index is 5.26. The molecule has 17 heavy (non-hydrogen) atoms. The second-order valence-corrected chi connectivity index (χ2v) is 4.85. The average molecular weight is 245 g/mol. The molecule has 0 radical (unpaired) electrons. The lowest BCUT2D eigenvalue weighted by Crippen LogP contribution is -2.08. The first-order valence-electron chi connectivity index (χ1n) is 5.39. The largest absolute Gasteiger partial charge is 0.308 e. The minimum absolute atomic E-state index is 0.689. The van der Waals surface area contributed by atoms with Crippen LogP contribution in [-0.2, 0) is 5.75 Å². The van der Waals surface area contributed by atoms with E-state index in [4.69, 9.17) is 5.84 Å². The molecule has 1 heterocycles. The number of nitrogen functional groups attached to an aromatic ring is 1. The number of aromatic nitrogens is 1. The lowest BCUT2D eigenvalue weighted by atomic mass is 10.2. The van der Waals surface area contributed by atoms with E-state index in [1.807, 2.05) is 18.3 Å². The summed E-state index contributed by atoms with van der Waals surface area (Å²) in [7, 11) is 0. The summed E-state index contributed by atoms with van der Waals surface area (Å²) < 4.78 is 0. The smallest absolute Gasteiger partial charge is 0.139 e. The summed E-state index contributed by atoms with van der Waals surface area (Å²) in [5.74, 6) is 6.87. The van der Waals surface area contributed by atoms with Crippen LogP contribution in [0.25, 0.3) is 0 Å². The number of anilines is 1. The molecule has 1 aromatic heterocycles. The Hall–Kier alpha value is -1.52. The number of hydrogen-bond acceptors (Lipinski definition) is 4. The highest BCUT2D eigenvalue weighted by molar-refractivity contribution is 7.98. The van der Waals surface area contributed by atoms with Crippen molar-refractivity contribution < 1.29 is 0 Å². The molecule has 0 aliphatic heterocycles. The number of nitrogens with zero attached hydrogens (tertiary/aromatic N) is 1. The van der Waals surface area contributed by atoms with Crippen molar-refractivity contribution in [1.82, 2.24) is 4.98 Å². The fourth-order valence-electron chi connectivity index (χ4n) is 1.40. The Morgan fingerprint density at radius 2 is 1.94 bits per heavy atom. The number of nitrogens with one attached hydrogen (secondary N) is 1. The van der Waals surface area contributed by atoms with E-state index < -0.39 is 0 Å². The molecular weight excluding hydrogens is 230 g/mol. The third-order valence-electron chi connectivity index (χ3n) is 2.40. The van der Waals surface area contributed by atoms with Crippen LogP contribution >= 0.6 is 11.8 Å². The molecule has 0 bridgehead atoms. The Morgan fingerprint density at radius 1 is 1.18 bits per heavy atom. The maximum absolute atomic E-state index is 5.26. The zero-order valence-electron chi connectivity index (χ0n) is 9.68. The van der Waals surface area contributed by atoms with Crippen LogP contribution in [0.5, 0.6) is 0 Å². The molecule has 2 aromatic rings. The van der Waals surface area contributed by atoms with Gasteiger partial charge in [0.1, 0.15) is 5.82 Å². The van der Waals surface area contributed by atoms with E-state index in [0.29, 0.717) is 5.82 Å². The van der Waals surface area contributed by atoms with E-state index in [1.165, 1.54) is 16.0 Å². The fourth-order valence-corrected chi connectivity index (χ4v) is 2.23. The van der Waals surface area contributed by atoms with Gasteiger partial charge in [-0.3, -0.25) is 0 Å². The van der Waals surface area contributed by atoms with Gasteiger partial charge in [0.2, 0.25) is 0 Å². The molecule has 0 aliphatic rings. The van der Waals surface area contributed by atoms with Crippen LogP contribution in [0.3, 0.4) is 0 Å². The molecule has 2 rings (SSSR count). The van der Waals surface area contributed by atoms with Crippen LogP contribution < -0.4 is 11.3 Å². The van der Waals surface area contributed by atoms with Crippen LogP contribution in [0, 0.1) is 6.92 Å². The van der Waals surface area contributed by atoms with Crippen molar-refractivity contribution in [2.45, 2.75) is 17.6 Å². The van der Waals surface area contributed by atoms with Crippen LogP contribution in [-0.4, -0.2) is 4.98 Å². The maximum Gasteiger partial charge on any atom is 0.139 e. The predicted octanol–water partition coefficient (Wildman–Crippen LogP) is 2.97. The van der Waals surface area contributed by atoms with Crippen molar-refractivity contribution >= 4 is 17.6 Å². The van der Waals surface area contributed by atoms with Crippen molar-refractivity contribution in [2.75, 3.05) is 5.43 Å². The highest BCUT2D eigenvalue weighted by atomic mass is 32.2. The Kier molecular flexibility index (Phi) is 4.01. The third-order valence-corrected chi connectivity index (χ3v) is 3.48. The van der Waals surface area contributed by atoms with Crippen LogP contribution in [0.2, 0.25) is 0 Å². The van der Waals surface area contributed by atoms with Gasteiger partial charge in [-0.15, -0.1) is 11.8 Å². The summed E-state index contributed by atoms with van der Waals surface area (Å²) in [6, 6.07) is 12.4. The van der Waals surface area contributed by atoms with E-state index in [-0.39, 0.29) is 0 Å². The quantitative estimate of drug-likeness (QED) is 0.494. The summed E-state index contributed by atoms with van der Waals surface area (Å²) >= 11 is 1.80. The number of thioether (sulfide) groups is 1. The van der Waals surface area contributed by atoms with Crippen molar-refractivity contribution in [3.63, 3.8) is 0 Å². The number of benzene rings is 1. The van der Waals surface area contributed by atoms with E-state index in [0.717, 1.165) is 5.75 Å². The summed E-state index contributed by atoms with van der Waals surface area (Å²) in [6.07, 6.45) is 1.84. The first-order valence-corrected chi connectivity index (χ1v) is 6.37. The fraction of sp³-hybridized carbons (Fsp3) is 0.154. The Labute approximate surface area is 105 Å². The Morgan fingerprint density at radius 3 is 2.53 bits per heavy atom. The van der Waals surface area contributed by atoms with Gasteiger partial charge in [-0.2, -0.15) is 0 Å². The number of hydrazine groups is 1. The Bertz CT molecular complexity index is 465. The SMILES string of the molecule is Cc1ccc(SCc2ccc(NN)nc2)cc1. The summed E-state index contributed by atoms with van der Waals surface area (Å²) in [5, 5.41) is 0. The minimum atomic E-state index is 0.689. The van der Waals surface area contributed by atoms with Gasteiger partial charge in [0.15, 0.2) is 0 Å². The van der Waals surface area contributed by atoms with Gasteiger partial charge < -0.3 is 5.43 Å². The topological polar surface area (TPSA) is 50.9 Å². The van der Waals surface area contributed by atoms with Crippen LogP contribution in [0.15, 0.2) is 47.5 Å². The predicted molar refractivity (Wildman–Crippen MR) is 72.8 cm³/mol. The van der Waals surface area contributed by atoms with E-state index in [1.54, 1.807) is 11.8 Å². The molecule has 88 valence electrons. The van der Waals surface area contributed by atoms with Gasteiger partial charge in [0.05, 0.1) is 0 Å². The lowest BCUT2D eigenvalue weighted by molar-refractivity contribution is 1.19. The van der Waals surface area contributed by atoms with Crippen molar-refractivity contribution in [3.8, 4) is 0 Å². The zero-order chi connectivity index (χ0) is 12.1. The molecule has 0 spiro atoms. The molecular formula is C13H15N3S.